The van der Waals surface area contributed by atoms with Crippen molar-refractivity contribution in [1.82, 2.24) is 0 Å². The van der Waals surface area contributed by atoms with Gasteiger partial charge in [-0.15, -0.1) is 0 Å². The summed E-state index contributed by atoms with van der Waals surface area (Å²) in [7, 11) is 0. The molecule has 0 amide bonds. The van der Waals surface area contributed by atoms with Gasteiger partial charge >= 0.3 is 0 Å². The number of rotatable bonds is 10. The first-order valence-corrected chi connectivity index (χ1v) is 9.27. The molecular weight excluding hydrogens is 304 g/mol. The van der Waals surface area contributed by atoms with Crippen LogP contribution < -0.4 is 0 Å². The van der Waals surface area contributed by atoms with Gasteiger partial charge in [-0.1, -0.05) is 13.8 Å². The van der Waals surface area contributed by atoms with Gasteiger partial charge < -0.3 is 0 Å². The van der Waals surface area contributed by atoms with Gasteiger partial charge in [-0.3, -0.25) is 0 Å². The van der Waals surface area contributed by atoms with Gasteiger partial charge in [0.1, 0.15) is 5.60 Å². The van der Waals surface area contributed by atoms with Gasteiger partial charge in [0.25, 0.3) is 0 Å². The van der Waals surface area contributed by atoms with E-state index in [-0.39, 0.29) is 22.4 Å². The standard InChI is InChI=1S/C20H42O4/c1-16(2)12-13-20(11,24-22-18(6,7)8)15-14-19(9,10)23-21-17(3,4)5/h16H,12-15H2,1-11H3. The van der Waals surface area contributed by atoms with Gasteiger partial charge in [0, 0.05) is 0 Å². The Balaban J connectivity index is 4.73. The fraction of sp³-hybridized carbons (Fsp3) is 1.00. The zero-order chi connectivity index (χ0) is 19.2. The topological polar surface area (TPSA) is 36.9 Å². The fourth-order valence-electron chi connectivity index (χ4n) is 1.87. The highest BCUT2D eigenvalue weighted by atomic mass is 17.2. The molecule has 4 heteroatoms. The maximum absolute atomic E-state index is 5.89. The zero-order valence-corrected chi connectivity index (χ0v) is 18.0. The Morgan fingerprint density at radius 1 is 0.583 bits per heavy atom. The molecule has 0 radical (unpaired) electrons. The maximum atomic E-state index is 5.89. The Morgan fingerprint density at radius 2 is 1.04 bits per heavy atom. The molecule has 0 saturated carbocycles. The van der Waals surface area contributed by atoms with Crippen molar-refractivity contribution < 1.29 is 19.6 Å². The van der Waals surface area contributed by atoms with E-state index in [0.29, 0.717) is 5.92 Å². The first-order valence-electron chi connectivity index (χ1n) is 9.27. The third-order valence-corrected chi connectivity index (χ3v) is 3.52. The Labute approximate surface area is 150 Å². The van der Waals surface area contributed by atoms with Crippen molar-refractivity contribution in [1.29, 1.82) is 0 Å². The van der Waals surface area contributed by atoms with Crippen molar-refractivity contribution >= 4 is 0 Å². The van der Waals surface area contributed by atoms with Crippen LogP contribution in [0.3, 0.4) is 0 Å². The van der Waals surface area contributed by atoms with Crippen molar-refractivity contribution in [2.75, 3.05) is 0 Å². The third kappa shape index (κ3) is 13.2. The molecule has 0 N–H and O–H groups in total. The first-order chi connectivity index (χ1) is 10.5. The molecule has 146 valence electrons. The summed E-state index contributed by atoms with van der Waals surface area (Å²) in [5.41, 5.74) is -1.35. The van der Waals surface area contributed by atoms with Crippen molar-refractivity contribution in [3.05, 3.63) is 0 Å². The van der Waals surface area contributed by atoms with Crippen molar-refractivity contribution in [2.24, 2.45) is 5.92 Å². The summed E-state index contributed by atoms with van der Waals surface area (Å²) in [6.45, 7) is 22.6. The summed E-state index contributed by atoms with van der Waals surface area (Å²) in [6.07, 6.45) is 3.72. The summed E-state index contributed by atoms with van der Waals surface area (Å²) in [4.78, 5) is 22.7. The maximum Gasteiger partial charge on any atom is 0.101 e. The normalized spacial score (nSPS) is 16.5. The van der Waals surface area contributed by atoms with Crippen LogP contribution in [0.2, 0.25) is 0 Å². The molecule has 4 nitrogen and oxygen atoms in total. The van der Waals surface area contributed by atoms with E-state index in [4.69, 9.17) is 19.6 Å². The lowest BCUT2D eigenvalue weighted by Gasteiger charge is -2.35. The molecule has 1 atom stereocenters. The van der Waals surface area contributed by atoms with Crippen molar-refractivity contribution in [3.8, 4) is 0 Å². The molecule has 0 heterocycles. The lowest BCUT2D eigenvalue weighted by molar-refractivity contribution is -0.413. The molecule has 0 rings (SSSR count). The lowest BCUT2D eigenvalue weighted by Crippen LogP contribution is -2.37. The predicted molar refractivity (Wildman–Crippen MR) is 99.6 cm³/mol. The van der Waals surface area contributed by atoms with E-state index in [1.165, 1.54) is 0 Å². The highest BCUT2D eigenvalue weighted by Crippen LogP contribution is 2.32. The second kappa shape index (κ2) is 8.98. The molecule has 0 aromatic carbocycles. The molecule has 0 aliphatic rings. The first kappa shape index (κ1) is 23.8. The Hall–Kier alpha value is -0.160. The van der Waals surface area contributed by atoms with Gasteiger partial charge in [0.2, 0.25) is 0 Å². The highest BCUT2D eigenvalue weighted by Gasteiger charge is 2.33. The van der Waals surface area contributed by atoms with E-state index in [1.807, 2.05) is 55.4 Å². The second-order valence-electron chi connectivity index (χ2n) is 10.2. The van der Waals surface area contributed by atoms with E-state index in [2.05, 4.69) is 20.8 Å². The van der Waals surface area contributed by atoms with Gasteiger partial charge in [-0.25, -0.2) is 19.6 Å². The van der Waals surface area contributed by atoms with Crippen molar-refractivity contribution in [2.45, 2.75) is 124 Å². The number of hydrogen-bond acceptors (Lipinski definition) is 4. The van der Waals surface area contributed by atoms with E-state index >= 15 is 0 Å². The van der Waals surface area contributed by atoms with E-state index in [0.717, 1.165) is 25.7 Å². The SMILES string of the molecule is CC(C)CCC(C)(CCC(C)(C)OOC(C)(C)C)OOC(C)(C)C. The molecular formula is C20H42O4. The molecule has 0 aliphatic carbocycles. The summed E-state index contributed by atoms with van der Waals surface area (Å²) >= 11 is 0. The Morgan fingerprint density at radius 3 is 1.46 bits per heavy atom. The predicted octanol–water partition coefficient (Wildman–Crippen LogP) is 6.23. The van der Waals surface area contributed by atoms with Gasteiger partial charge in [0.15, 0.2) is 0 Å². The van der Waals surface area contributed by atoms with Crippen LogP contribution in [0.1, 0.15) is 102 Å². The van der Waals surface area contributed by atoms with Crippen LogP contribution in [-0.2, 0) is 19.6 Å². The average molecular weight is 347 g/mol. The fourth-order valence-corrected chi connectivity index (χ4v) is 1.87. The lowest BCUT2D eigenvalue weighted by atomic mass is 9.87. The minimum absolute atomic E-state index is 0.315. The van der Waals surface area contributed by atoms with Gasteiger partial charge in [-0.05, 0) is 93.9 Å². The molecule has 0 fully saturated rings. The van der Waals surface area contributed by atoms with Crippen LogP contribution in [0, 0.1) is 5.92 Å². The Kier molecular flexibility index (Phi) is 8.92. The summed E-state index contributed by atoms with van der Waals surface area (Å²) < 4.78 is 0. The number of hydrogen-bond donors (Lipinski definition) is 0. The quantitative estimate of drug-likeness (QED) is 0.347. The second-order valence-corrected chi connectivity index (χ2v) is 10.2. The smallest absolute Gasteiger partial charge is 0.101 e. The third-order valence-electron chi connectivity index (χ3n) is 3.52. The monoisotopic (exact) mass is 346 g/mol. The molecule has 0 aliphatic heterocycles. The average Bonchev–Trinajstić information content (AvgIpc) is 2.38. The van der Waals surface area contributed by atoms with E-state index in [9.17, 15) is 0 Å². The molecule has 0 saturated heterocycles. The van der Waals surface area contributed by atoms with Gasteiger partial charge in [0.05, 0.1) is 16.8 Å². The summed E-state index contributed by atoms with van der Waals surface area (Å²) in [6, 6.07) is 0. The molecule has 1 unspecified atom stereocenters. The summed E-state index contributed by atoms with van der Waals surface area (Å²) in [5, 5.41) is 0. The molecule has 0 aromatic rings. The molecule has 0 bridgehead atoms. The molecule has 24 heavy (non-hydrogen) atoms. The van der Waals surface area contributed by atoms with E-state index < -0.39 is 0 Å². The van der Waals surface area contributed by atoms with Crippen LogP contribution in [0.25, 0.3) is 0 Å². The van der Waals surface area contributed by atoms with Crippen LogP contribution in [0.5, 0.6) is 0 Å². The highest BCUT2D eigenvalue weighted by molar-refractivity contribution is 4.80. The van der Waals surface area contributed by atoms with Crippen LogP contribution in [-0.4, -0.2) is 22.4 Å². The zero-order valence-electron chi connectivity index (χ0n) is 18.0. The Bertz CT molecular complexity index is 350. The summed E-state index contributed by atoms with van der Waals surface area (Å²) in [5.74, 6) is 0.635. The van der Waals surface area contributed by atoms with Crippen molar-refractivity contribution in [3.63, 3.8) is 0 Å². The van der Waals surface area contributed by atoms with Crippen LogP contribution in [0.4, 0.5) is 0 Å². The largest absolute Gasteiger partial charge is 0.230 e. The van der Waals surface area contributed by atoms with Gasteiger partial charge in [-0.2, -0.15) is 0 Å². The minimum Gasteiger partial charge on any atom is -0.230 e. The minimum atomic E-state index is -0.378. The molecule has 0 aromatic heterocycles. The van der Waals surface area contributed by atoms with Crippen LogP contribution in [0.15, 0.2) is 0 Å². The van der Waals surface area contributed by atoms with E-state index in [1.54, 1.807) is 0 Å². The van der Waals surface area contributed by atoms with Crippen LogP contribution >= 0.6 is 0 Å². The molecule has 0 spiro atoms.